The van der Waals surface area contributed by atoms with E-state index in [1.54, 1.807) is 30.3 Å². The second-order valence-electron chi connectivity index (χ2n) is 5.36. The molecule has 0 aliphatic heterocycles. The van der Waals surface area contributed by atoms with Crippen LogP contribution in [0.4, 0.5) is 5.69 Å². The van der Waals surface area contributed by atoms with Crippen molar-refractivity contribution in [2.75, 3.05) is 5.32 Å². The highest BCUT2D eigenvalue weighted by Crippen LogP contribution is 2.23. The lowest BCUT2D eigenvalue weighted by atomic mass is 10.2. The number of pyridine rings is 1. The van der Waals surface area contributed by atoms with Crippen molar-refractivity contribution in [3.8, 4) is 5.69 Å². The monoisotopic (exact) mass is 366 g/mol. The third-order valence-corrected chi connectivity index (χ3v) is 3.95. The van der Waals surface area contributed by atoms with Crippen LogP contribution in [0.3, 0.4) is 0 Å². The van der Waals surface area contributed by atoms with Crippen molar-refractivity contribution in [1.82, 2.24) is 24.7 Å². The molecule has 3 heterocycles. The predicted molar refractivity (Wildman–Crippen MR) is 96.7 cm³/mol. The van der Waals surface area contributed by atoms with E-state index in [0.717, 1.165) is 0 Å². The fourth-order valence-electron chi connectivity index (χ4n) is 2.53. The maximum Gasteiger partial charge on any atom is 0.261 e. The van der Waals surface area contributed by atoms with Gasteiger partial charge in [0.1, 0.15) is 10.5 Å². The Balaban J connectivity index is 1.76. The number of amides is 1. The lowest BCUT2D eigenvalue weighted by Gasteiger charge is -2.11. The molecule has 4 rings (SSSR count). The van der Waals surface area contributed by atoms with Gasteiger partial charge in [-0.1, -0.05) is 23.7 Å². The molecule has 0 spiro atoms. The van der Waals surface area contributed by atoms with Crippen molar-refractivity contribution in [3.05, 3.63) is 76.2 Å². The average molecular weight is 367 g/mol. The predicted octanol–water partition coefficient (Wildman–Crippen LogP) is 2.41. The number of H-pyrrole nitrogens is 1. The molecular weight excluding hydrogens is 356 g/mol. The zero-order valence-corrected chi connectivity index (χ0v) is 13.9. The minimum atomic E-state index is -0.344. The van der Waals surface area contributed by atoms with Gasteiger partial charge in [0.25, 0.3) is 11.5 Å². The normalized spacial score (nSPS) is 10.8. The molecule has 0 atom stereocenters. The van der Waals surface area contributed by atoms with Gasteiger partial charge in [-0.2, -0.15) is 5.10 Å². The first-order valence-corrected chi connectivity index (χ1v) is 7.95. The minimum Gasteiger partial charge on any atom is -0.320 e. The van der Waals surface area contributed by atoms with Crippen LogP contribution in [-0.2, 0) is 0 Å². The van der Waals surface area contributed by atoms with Gasteiger partial charge in [-0.05, 0) is 24.3 Å². The number of para-hydroxylation sites is 2. The summed E-state index contributed by atoms with van der Waals surface area (Å²) in [7, 11) is 0. The van der Waals surface area contributed by atoms with Crippen molar-refractivity contribution in [3.63, 3.8) is 0 Å². The smallest absolute Gasteiger partial charge is 0.261 e. The van der Waals surface area contributed by atoms with E-state index < -0.39 is 0 Å². The van der Waals surface area contributed by atoms with Crippen LogP contribution in [0.15, 0.2) is 59.9 Å². The molecule has 2 N–H and O–H groups in total. The van der Waals surface area contributed by atoms with Gasteiger partial charge in [0.05, 0.1) is 23.9 Å². The highest BCUT2D eigenvalue weighted by Gasteiger charge is 2.14. The van der Waals surface area contributed by atoms with E-state index in [2.05, 4.69) is 25.4 Å². The van der Waals surface area contributed by atoms with Gasteiger partial charge in [0.15, 0.2) is 5.65 Å². The zero-order chi connectivity index (χ0) is 18.1. The molecule has 8 nitrogen and oxygen atoms in total. The molecular formula is C17H11ClN6O2. The van der Waals surface area contributed by atoms with E-state index in [1.807, 2.05) is 0 Å². The largest absolute Gasteiger partial charge is 0.320 e. The Morgan fingerprint density at radius 2 is 2.04 bits per heavy atom. The maximum atomic E-state index is 12.5. The van der Waals surface area contributed by atoms with E-state index in [1.165, 1.54) is 29.5 Å². The molecule has 128 valence electrons. The fraction of sp³-hybridized carbons (Fsp3) is 0. The first-order chi connectivity index (χ1) is 12.6. The summed E-state index contributed by atoms with van der Waals surface area (Å²) in [6, 6.07) is 10.1. The number of rotatable bonds is 3. The first kappa shape index (κ1) is 16.0. The molecule has 4 aromatic rings. The molecule has 3 aromatic heterocycles. The Morgan fingerprint density at radius 3 is 2.88 bits per heavy atom. The van der Waals surface area contributed by atoms with Crippen molar-refractivity contribution in [1.29, 1.82) is 0 Å². The number of fused-ring (bicyclic) bond motifs is 1. The van der Waals surface area contributed by atoms with Crippen LogP contribution in [0, 0.1) is 0 Å². The number of carbonyl (C=O) groups excluding carboxylic acids is 1. The van der Waals surface area contributed by atoms with Crippen LogP contribution < -0.4 is 10.9 Å². The van der Waals surface area contributed by atoms with Gasteiger partial charge in [0.2, 0.25) is 0 Å². The number of nitrogens with zero attached hydrogens (tertiary/aromatic N) is 4. The summed E-state index contributed by atoms with van der Waals surface area (Å²) in [6.07, 6.45) is 4.20. The third-order valence-electron chi connectivity index (χ3n) is 3.74. The van der Waals surface area contributed by atoms with Crippen LogP contribution in [0.5, 0.6) is 0 Å². The Hall–Kier alpha value is -3.52. The number of nitrogens with one attached hydrogen (secondary N) is 2. The number of halogens is 1. The van der Waals surface area contributed by atoms with E-state index in [9.17, 15) is 9.59 Å². The molecule has 1 aromatic carbocycles. The minimum absolute atomic E-state index is 0.229. The van der Waals surface area contributed by atoms with E-state index in [0.29, 0.717) is 28.0 Å². The lowest BCUT2D eigenvalue weighted by molar-refractivity contribution is 0.102. The van der Waals surface area contributed by atoms with Crippen molar-refractivity contribution >= 4 is 34.2 Å². The Bertz CT molecular complexity index is 1180. The molecule has 0 saturated heterocycles. The van der Waals surface area contributed by atoms with Gasteiger partial charge in [-0.3, -0.25) is 9.59 Å². The van der Waals surface area contributed by atoms with E-state index in [4.69, 9.17) is 11.6 Å². The summed E-state index contributed by atoms with van der Waals surface area (Å²) in [5.74, 6) is -0.344. The van der Waals surface area contributed by atoms with Crippen LogP contribution >= 0.6 is 11.6 Å². The molecule has 26 heavy (non-hydrogen) atoms. The van der Waals surface area contributed by atoms with Crippen molar-refractivity contribution < 1.29 is 4.79 Å². The maximum absolute atomic E-state index is 12.5. The lowest BCUT2D eigenvalue weighted by Crippen LogP contribution is -2.14. The molecule has 0 unspecified atom stereocenters. The number of hydrogen-bond acceptors (Lipinski definition) is 5. The fourth-order valence-corrected chi connectivity index (χ4v) is 2.71. The molecule has 0 bridgehead atoms. The summed E-state index contributed by atoms with van der Waals surface area (Å²) in [6.45, 7) is 0. The second kappa shape index (κ2) is 6.41. The van der Waals surface area contributed by atoms with E-state index in [-0.39, 0.29) is 16.6 Å². The van der Waals surface area contributed by atoms with Crippen molar-refractivity contribution in [2.24, 2.45) is 0 Å². The van der Waals surface area contributed by atoms with Crippen LogP contribution in [0.2, 0.25) is 5.15 Å². The van der Waals surface area contributed by atoms with Gasteiger partial charge < -0.3 is 10.3 Å². The summed E-state index contributed by atoms with van der Waals surface area (Å²) in [5, 5.41) is 7.64. The summed E-state index contributed by atoms with van der Waals surface area (Å²) in [5.41, 5.74) is 1.57. The van der Waals surface area contributed by atoms with Gasteiger partial charge in [-0.25, -0.2) is 14.6 Å². The third kappa shape index (κ3) is 2.82. The molecule has 0 aliphatic rings. The zero-order valence-electron chi connectivity index (χ0n) is 13.2. The van der Waals surface area contributed by atoms with Crippen LogP contribution in [-0.4, -0.2) is 30.6 Å². The Kier molecular flexibility index (Phi) is 3.94. The summed E-state index contributed by atoms with van der Waals surface area (Å²) in [4.78, 5) is 34.9. The number of carbonyl (C=O) groups is 1. The Morgan fingerprint density at radius 1 is 1.19 bits per heavy atom. The molecule has 0 aliphatic carbocycles. The SMILES string of the molecule is O=C(Nc1ccccc1-n1ncc2c(=O)[nH]cnc21)c1ccnc(Cl)c1. The van der Waals surface area contributed by atoms with Gasteiger partial charge in [0, 0.05) is 11.8 Å². The first-order valence-electron chi connectivity index (χ1n) is 7.57. The van der Waals surface area contributed by atoms with Gasteiger partial charge in [-0.15, -0.1) is 0 Å². The number of benzene rings is 1. The number of aromatic nitrogens is 5. The molecule has 1 amide bonds. The van der Waals surface area contributed by atoms with Crippen LogP contribution in [0.1, 0.15) is 10.4 Å². The summed E-state index contributed by atoms with van der Waals surface area (Å²) < 4.78 is 1.50. The second-order valence-corrected chi connectivity index (χ2v) is 5.75. The highest BCUT2D eigenvalue weighted by molar-refractivity contribution is 6.29. The molecule has 0 fully saturated rings. The van der Waals surface area contributed by atoms with Gasteiger partial charge >= 0.3 is 0 Å². The van der Waals surface area contributed by atoms with Crippen molar-refractivity contribution in [2.45, 2.75) is 0 Å². The van der Waals surface area contributed by atoms with E-state index >= 15 is 0 Å². The van der Waals surface area contributed by atoms with Crippen LogP contribution in [0.25, 0.3) is 16.7 Å². The molecule has 0 saturated carbocycles. The number of aromatic amines is 1. The molecule has 9 heteroatoms. The Labute approximate surface area is 151 Å². The molecule has 0 radical (unpaired) electrons. The number of anilines is 1. The average Bonchev–Trinajstić information content (AvgIpc) is 3.07. The number of hydrogen-bond donors (Lipinski definition) is 2. The standard InChI is InChI=1S/C17H11ClN6O2/c18-14-7-10(5-6-19-14)16(25)23-12-3-1-2-4-13(12)24-15-11(8-22-24)17(26)21-9-20-15/h1-9H,(H,23,25)(H,20,21,26). The quantitative estimate of drug-likeness (QED) is 0.542. The highest BCUT2D eigenvalue weighted by atomic mass is 35.5. The topological polar surface area (TPSA) is 106 Å². The summed E-state index contributed by atoms with van der Waals surface area (Å²) >= 11 is 5.84.